The van der Waals surface area contributed by atoms with E-state index in [1.54, 1.807) is 22.0 Å². The van der Waals surface area contributed by atoms with E-state index >= 15 is 0 Å². The van der Waals surface area contributed by atoms with Crippen LogP contribution in [0.5, 0.6) is 0 Å². The fourth-order valence-electron chi connectivity index (χ4n) is 2.76. The van der Waals surface area contributed by atoms with Crippen LogP contribution in [0.25, 0.3) is 20.7 Å². The Morgan fingerprint density at radius 2 is 2.14 bits per heavy atom. The van der Waals surface area contributed by atoms with Gasteiger partial charge in [0.1, 0.15) is 4.83 Å². The first kappa shape index (κ1) is 20.1. The van der Waals surface area contributed by atoms with Crippen molar-refractivity contribution >= 4 is 44.7 Å². The molecular weight excluding hydrogens is 424 g/mol. The van der Waals surface area contributed by atoms with Crippen LogP contribution in [0, 0.1) is 0 Å². The molecular formula is C20H20N4O2S3. The van der Waals surface area contributed by atoms with Gasteiger partial charge >= 0.3 is 0 Å². The number of nitrogens with zero attached hydrogens (tertiary/aromatic N) is 4. The molecule has 0 atom stereocenters. The van der Waals surface area contributed by atoms with Crippen LogP contribution in [0.15, 0.2) is 49.9 Å². The quantitative estimate of drug-likeness (QED) is 0.227. The maximum atomic E-state index is 13.3. The van der Waals surface area contributed by atoms with E-state index in [9.17, 15) is 4.79 Å². The summed E-state index contributed by atoms with van der Waals surface area (Å²) in [5.41, 5.74) is 0.689. The van der Waals surface area contributed by atoms with Crippen LogP contribution in [-0.2, 0) is 17.7 Å². The van der Waals surface area contributed by atoms with E-state index in [1.165, 1.54) is 23.1 Å². The molecule has 0 saturated carbocycles. The Hall–Kier alpha value is -2.23. The summed E-state index contributed by atoms with van der Waals surface area (Å²) in [6.07, 6.45) is 1.71. The number of thiophene rings is 2. The molecule has 6 nitrogen and oxygen atoms in total. The van der Waals surface area contributed by atoms with Crippen LogP contribution < -0.4 is 5.56 Å². The normalized spacial score (nSPS) is 12.0. The molecule has 0 aliphatic heterocycles. The average Bonchev–Trinajstić information content (AvgIpc) is 3.42. The summed E-state index contributed by atoms with van der Waals surface area (Å²) in [6, 6.07) is 4.01. The maximum absolute atomic E-state index is 13.3. The molecule has 0 saturated heterocycles. The number of allylic oxidation sites excluding steroid dienone is 1. The van der Waals surface area contributed by atoms with E-state index in [0.29, 0.717) is 34.6 Å². The van der Waals surface area contributed by atoms with Gasteiger partial charge in [-0.15, -0.1) is 39.4 Å². The van der Waals surface area contributed by atoms with Gasteiger partial charge < -0.3 is 4.42 Å². The molecule has 4 rings (SSSR count). The minimum Gasteiger partial charge on any atom is -0.424 e. The fraction of sp³-hybridized carbons (Fsp3) is 0.300. The number of rotatable bonds is 6. The van der Waals surface area contributed by atoms with E-state index in [4.69, 9.17) is 9.40 Å². The molecule has 0 unspecified atom stereocenters. The first-order chi connectivity index (χ1) is 13.9. The number of aromatic nitrogens is 4. The van der Waals surface area contributed by atoms with Crippen molar-refractivity contribution in [2.24, 2.45) is 0 Å². The zero-order valence-corrected chi connectivity index (χ0v) is 18.8. The molecule has 0 aromatic carbocycles. The third-order valence-corrected chi connectivity index (χ3v) is 6.93. The van der Waals surface area contributed by atoms with Gasteiger partial charge in [0.2, 0.25) is 11.8 Å². The van der Waals surface area contributed by atoms with E-state index in [0.717, 1.165) is 15.3 Å². The summed E-state index contributed by atoms with van der Waals surface area (Å²) in [5.74, 6) is 1.56. The van der Waals surface area contributed by atoms with Crippen molar-refractivity contribution in [1.29, 1.82) is 0 Å². The van der Waals surface area contributed by atoms with E-state index in [2.05, 4.69) is 16.8 Å². The highest BCUT2D eigenvalue weighted by Gasteiger charge is 2.22. The molecule has 150 valence electrons. The van der Waals surface area contributed by atoms with Gasteiger partial charge in [0.15, 0.2) is 5.16 Å². The van der Waals surface area contributed by atoms with E-state index in [-0.39, 0.29) is 11.0 Å². The predicted molar refractivity (Wildman–Crippen MR) is 120 cm³/mol. The molecule has 0 aliphatic carbocycles. The van der Waals surface area contributed by atoms with Crippen LogP contribution >= 0.6 is 34.4 Å². The predicted octanol–water partition coefficient (Wildman–Crippen LogP) is 5.35. The van der Waals surface area contributed by atoms with Crippen LogP contribution in [0.3, 0.4) is 0 Å². The van der Waals surface area contributed by atoms with Crippen molar-refractivity contribution in [3.8, 4) is 10.4 Å². The van der Waals surface area contributed by atoms with Crippen molar-refractivity contribution in [2.45, 2.75) is 43.6 Å². The van der Waals surface area contributed by atoms with Crippen molar-refractivity contribution in [2.75, 3.05) is 0 Å². The topological polar surface area (TPSA) is 73.8 Å². The van der Waals surface area contributed by atoms with Crippen LogP contribution in [0.1, 0.15) is 32.6 Å². The third kappa shape index (κ3) is 3.94. The van der Waals surface area contributed by atoms with Gasteiger partial charge in [-0.2, -0.15) is 0 Å². The Labute approximate surface area is 180 Å². The molecule has 0 bridgehead atoms. The number of thioether (sulfide) groups is 1. The molecule has 4 heterocycles. The SMILES string of the molecule is C=CCn1c(SCc2nnc(C(C)(C)C)o2)nc2scc(-c3cccs3)c2c1=O. The van der Waals surface area contributed by atoms with Gasteiger partial charge in [-0.25, -0.2) is 4.98 Å². The van der Waals surface area contributed by atoms with Gasteiger partial charge in [-0.05, 0) is 11.4 Å². The van der Waals surface area contributed by atoms with Gasteiger partial charge in [0, 0.05) is 27.8 Å². The highest BCUT2D eigenvalue weighted by molar-refractivity contribution is 7.98. The second kappa shape index (κ2) is 7.89. The Balaban J connectivity index is 1.71. The lowest BCUT2D eigenvalue weighted by atomic mass is 9.97. The van der Waals surface area contributed by atoms with Crippen molar-refractivity contribution in [3.05, 3.63) is 57.7 Å². The summed E-state index contributed by atoms with van der Waals surface area (Å²) in [5, 5.41) is 13.6. The monoisotopic (exact) mass is 444 g/mol. The molecule has 0 fully saturated rings. The highest BCUT2D eigenvalue weighted by Crippen LogP contribution is 2.35. The van der Waals surface area contributed by atoms with Crippen LogP contribution in [0.4, 0.5) is 0 Å². The van der Waals surface area contributed by atoms with Gasteiger partial charge in [-0.1, -0.05) is 44.7 Å². The first-order valence-electron chi connectivity index (χ1n) is 9.01. The van der Waals surface area contributed by atoms with Crippen LogP contribution in [-0.4, -0.2) is 19.7 Å². The second-order valence-electron chi connectivity index (χ2n) is 7.45. The van der Waals surface area contributed by atoms with Crippen LogP contribution in [0.2, 0.25) is 0 Å². The summed E-state index contributed by atoms with van der Waals surface area (Å²) in [4.78, 5) is 19.9. The standard InChI is InChI=1S/C20H20N4O2S3/c1-5-8-24-17(25)15-12(13-7-6-9-27-13)10-28-16(15)21-19(24)29-11-14-22-23-18(26-14)20(2,3)4/h5-7,9-10H,1,8,11H2,2-4H3. The lowest BCUT2D eigenvalue weighted by Gasteiger charge is -2.11. The minimum atomic E-state index is -0.201. The largest absolute Gasteiger partial charge is 0.424 e. The zero-order chi connectivity index (χ0) is 20.6. The van der Waals surface area contributed by atoms with Gasteiger partial charge in [-0.3, -0.25) is 9.36 Å². The Morgan fingerprint density at radius 1 is 1.31 bits per heavy atom. The number of hydrogen-bond acceptors (Lipinski definition) is 8. The Kier molecular flexibility index (Phi) is 5.46. The van der Waals surface area contributed by atoms with Crippen molar-refractivity contribution in [3.63, 3.8) is 0 Å². The molecule has 0 aliphatic rings. The minimum absolute atomic E-state index is 0.0528. The Morgan fingerprint density at radius 3 is 2.79 bits per heavy atom. The molecule has 0 radical (unpaired) electrons. The Bertz CT molecular complexity index is 1210. The molecule has 0 amide bonds. The van der Waals surface area contributed by atoms with Crippen molar-refractivity contribution < 1.29 is 4.42 Å². The lowest BCUT2D eigenvalue weighted by Crippen LogP contribution is -2.22. The number of fused-ring (bicyclic) bond motifs is 1. The molecule has 9 heteroatoms. The smallest absolute Gasteiger partial charge is 0.263 e. The number of hydrogen-bond donors (Lipinski definition) is 0. The molecule has 4 aromatic heterocycles. The molecule has 29 heavy (non-hydrogen) atoms. The average molecular weight is 445 g/mol. The summed E-state index contributed by atoms with van der Waals surface area (Å²) in [6.45, 7) is 10.3. The maximum Gasteiger partial charge on any atom is 0.263 e. The summed E-state index contributed by atoms with van der Waals surface area (Å²) in [7, 11) is 0. The highest BCUT2D eigenvalue weighted by atomic mass is 32.2. The second-order valence-corrected chi connectivity index (χ2v) is 10.2. The first-order valence-corrected chi connectivity index (χ1v) is 11.8. The van der Waals surface area contributed by atoms with Gasteiger partial charge in [0.25, 0.3) is 5.56 Å². The van der Waals surface area contributed by atoms with E-state index < -0.39 is 0 Å². The summed E-state index contributed by atoms with van der Waals surface area (Å²) >= 11 is 4.52. The molecule has 0 spiro atoms. The molecule has 4 aromatic rings. The van der Waals surface area contributed by atoms with E-state index in [1.807, 2.05) is 43.7 Å². The molecule has 0 N–H and O–H groups in total. The lowest BCUT2D eigenvalue weighted by molar-refractivity contribution is 0.378. The zero-order valence-electron chi connectivity index (χ0n) is 16.3. The third-order valence-electron chi connectivity index (χ3n) is 4.19. The van der Waals surface area contributed by atoms with Crippen molar-refractivity contribution in [1.82, 2.24) is 19.7 Å². The summed E-state index contributed by atoms with van der Waals surface area (Å²) < 4.78 is 7.42. The van der Waals surface area contributed by atoms with Gasteiger partial charge in [0.05, 0.1) is 11.1 Å². The fourth-order valence-corrected chi connectivity index (χ4v) is 5.41.